The Kier molecular flexibility index (Phi) is 5.58. The van der Waals surface area contributed by atoms with Gasteiger partial charge in [-0.1, -0.05) is 20.3 Å². The van der Waals surface area contributed by atoms with E-state index in [1.54, 1.807) is 7.05 Å². The van der Waals surface area contributed by atoms with Gasteiger partial charge in [0.2, 0.25) is 0 Å². The van der Waals surface area contributed by atoms with Crippen LogP contribution >= 0.6 is 0 Å². The first-order valence-electron chi connectivity index (χ1n) is 6.70. The van der Waals surface area contributed by atoms with Gasteiger partial charge in [-0.15, -0.1) is 0 Å². The summed E-state index contributed by atoms with van der Waals surface area (Å²) in [5.74, 6) is 0. The lowest BCUT2D eigenvalue weighted by Gasteiger charge is -2.36. The average molecular weight is 277 g/mol. The SMILES string of the molecule is CN(CCCN)S(=O)(=O)NC1CCCC(C)(C)C1. The van der Waals surface area contributed by atoms with Crippen LogP contribution in [0.25, 0.3) is 0 Å². The van der Waals surface area contributed by atoms with Crippen LogP contribution < -0.4 is 10.5 Å². The van der Waals surface area contributed by atoms with Gasteiger partial charge in [0.05, 0.1) is 0 Å². The highest BCUT2D eigenvalue weighted by Gasteiger charge is 2.31. The van der Waals surface area contributed by atoms with Crippen LogP contribution in [0.15, 0.2) is 0 Å². The molecule has 1 fully saturated rings. The summed E-state index contributed by atoms with van der Waals surface area (Å²) in [5.41, 5.74) is 5.64. The van der Waals surface area contributed by atoms with E-state index in [0.29, 0.717) is 19.5 Å². The molecule has 5 nitrogen and oxygen atoms in total. The minimum absolute atomic E-state index is 0.0686. The minimum atomic E-state index is -3.35. The summed E-state index contributed by atoms with van der Waals surface area (Å²) >= 11 is 0. The summed E-state index contributed by atoms with van der Waals surface area (Å²) in [7, 11) is -1.75. The summed E-state index contributed by atoms with van der Waals surface area (Å²) < 4.78 is 28.4. The molecule has 108 valence electrons. The molecule has 1 rings (SSSR count). The van der Waals surface area contributed by atoms with Crippen LogP contribution in [0.3, 0.4) is 0 Å². The summed E-state index contributed by atoms with van der Waals surface area (Å²) in [6.07, 6.45) is 4.80. The average Bonchev–Trinajstić information content (AvgIpc) is 2.23. The lowest BCUT2D eigenvalue weighted by molar-refractivity contribution is 0.210. The van der Waals surface area contributed by atoms with Crippen molar-refractivity contribution < 1.29 is 8.42 Å². The fourth-order valence-corrected chi connectivity index (χ4v) is 3.71. The first kappa shape index (κ1) is 15.9. The molecule has 0 spiro atoms. The second kappa shape index (κ2) is 6.32. The lowest BCUT2D eigenvalue weighted by Crippen LogP contribution is -2.46. The van der Waals surface area contributed by atoms with E-state index in [9.17, 15) is 8.42 Å². The molecular formula is C12H27N3O2S. The van der Waals surface area contributed by atoms with Gasteiger partial charge in [-0.3, -0.25) is 0 Å². The molecule has 1 aliphatic rings. The zero-order valence-electron chi connectivity index (χ0n) is 11.8. The molecule has 0 bridgehead atoms. The van der Waals surface area contributed by atoms with Gasteiger partial charge in [0.25, 0.3) is 10.2 Å². The van der Waals surface area contributed by atoms with Crippen molar-refractivity contribution in [1.82, 2.24) is 9.03 Å². The third-order valence-electron chi connectivity index (χ3n) is 3.61. The van der Waals surface area contributed by atoms with E-state index in [1.165, 1.54) is 10.7 Å². The Balaban J connectivity index is 2.54. The molecule has 3 N–H and O–H groups in total. The maximum absolute atomic E-state index is 12.1. The van der Waals surface area contributed by atoms with E-state index < -0.39 is 10.2 Å². The van der Waals surface area contributed by atoms with Crippen LogP contribution in [0.5, 0.6) is 0 Å². The zero-order valence-corrected chi connectivity index (χ0v) is 12.6. The van der Waals surface area contributed by atoms with Crippen LogP contribution in [0, 0.1) is 5.41 Å². The molecule has 1 unspecified atom stereocenters. The molecule has 0 saturated heterocycles. The van der Waals surface area contributed by atoms with Crippen LogP contribution in [0.1, 0.15) is 46.0 Å². The number of rotatable bonds is 6. The summed E-state index contributed by atoms with van der Waals surface area (Å²) in [4.78, 5) is 0. The smallest absolute Gasteiger partial charge is 0.279 e. The van der Waals surface area contributed by atoms with Crippen LogP contribution in [0.4, 0.5) is 0 Å². The normalized spacial score (nSPS) is 24.4. The second-order valence-corrected chi connectivity index (χ2v) is 7.85. The quantitative estimate of drug-likeness (QED) is 0.762. The molecule has 6 heteroatoms. The first-order chi connectivity index (χ1) is 8.27. The molecule has 0 amide bonds. The van der Waals surface area contributed by atoms with E-state index in [4.69, 9.17) is 5.73 Å². The van der Waals surface area contributed by atoms with E-state index in [1.807, 2.05) is 0 Å². The molecule has 0 aromatic carbocycles. The number of nitrogens with one attached hydrogen (secondary N) is 1. The van der Waals surface area contributed by atoms with E-state index in [-0.39, 0.29) is 11.5 Å². The Morgan fingerprint density at radius 1 is 1.44 bits per heavy atom. The molecule has 18 heavy (non-hydrogen) atoms. The van der Waals surface area contributed by atoms with E-state index in [2.05, 4.69) is 18.6 Å². The van der Waals surface area contributed by atoms with Crippen LogP contribution in [-0.4, -0.2) is 38.9 Å². The van der Waals surface area contributed by atoms with E-state index >= 15 is 0 Å². The van der Waals surface area contributed by atoms with Crippen molar-refractivity contribution >= 4 is 10.2 Å². The summed E-state index contributed by atoms with van der Waals surface area (Å²) in [5, 5.41) is 0. The molecule has 0 heterocycles. The molecule has 1 aliphatic carbocycles. The van der Waals surface area contributed by atoms with Gasteiger partial charge in [0, 0.05) is 19.6 Å². The molecule has 1 saturated carbocycles. The summed E-state index contributed by atoms with van der Waals surface area (Å²) in [6, 6.07) is 0.0686. The van der Waals surface area contributed by atoms with Crippen molar-refractivity contribution in [3.05, 3.63) is 0 Å². The van der Waals surface area contributed by atoms with Crippen molar-refractivity contribution in [2.75, 3.05) is 20.1 Å². The maximum Gasteiger partial charge on any atom is 0.279 e. The molecule has 0 aromatic heterocycles. The number of nitrogens with two attached hydrogens (primary N) is 1. The maximum atomic E-state index is 12.1. The van der Waals surface area contributed by atoms with Crippen molar-refractivity contribution in [1.29, 1.82) is 0 Å². The number of nitrogens with zero attached hydrogens (tertiary/aromatic N) is 1. The Bertz CT molecular complexity index is 354. The van der Waals surface area contributed by atoms with E-state index in [0.717, 1.165) is 19.3 Å². The fraction of sp³-hybridized carbons (Fsp3) is 1.00. The van der Waals surface area contributed by atoms with Crippen molar-refractivity contribution in [3.63, 3.8) is 0 Å². The molecule has 0 radical (unpaired) electrons. The van der Waals surface area contributed by atoms with Crippen molar-refractivity contribution in [2.45, 2.75) is 52.0 Å². The third kappa shape index (κ3) is 4.84. The van der Waals surface area contributed by atoms with Crippen LogP contribution in [0.2, 0.25) is 0 Å². The van der Waals surface area contributed by atoms with Gasteiger partial charge in [0.1, 0.15) is 0 Å². The Morgan fingerprint density at radius 3 is 2.67 bits per heavy atom. The van der Waals surface area contributed by atoms with Gasteiger partial charge in [-0.05, 0) is 37.6 Å². The Labute approximate surface area is 111 Å². The fourth-order valence-electron chi connectivity index (χ4n) is 2.53. The summed E-state index contributed by atoms with van der Waals surface area (Å²) in [6.45, 7) is 5.38. The van der Waals surface area contributed by atoms with Gasteiger partial charge < -0.3 is 5.73 Å². The lowest BCUT2D eigenvalue weighted by atomic mass is 9.75. The van der Waals surface area contributed by atoms with Gasteiger partial charge in [0.15, 0.2) is 0 Å². The highest BCUT2D eigenvalue weighted by atomic mass is 32.2. The van der Waals surface area contributed by atoms with Crippen molar-refractivity contribution in [3.8, 4) is 0 Å². The highest BCUT2D eigenvalue weighted by molar-refractivity contribution is 7.87. The molecule has 1 atom stereocenters. The highest BCUT2D eigenvalue weighted by Crippen LogP contribution is 2.35. The Hall–Kier alpha value is -0.170. The van der Waals surface area contributed by atoms with Crippen LogP contribution in [-0.2, 0) is 10.2 Å². The molecular weight excluding hydrogens is 250 g/mol. The van der Waals surface area contributed by atoms with Gasteiger partial charge in [-0.2, -0.15) is 17.4 Å². The van der Waals surface area contributed by atoms with Gasteiger partial charge in [-0.25, -0.2) is 0 Å². The Morgan fingerprint density at radius 2 is 2.11 bits per heavy atom. The predicted molar refractivity (Wildman–Crippen MR) is 74.4 cm³/mol. The minimum Gasteiger partial charge on any atom is -0.330 e. The van der Waals surface area contributed by atoms with Crippen molar-refractivity contribution in [2.24, 2.45) is 11.1 Å². The number of hydrogen-bond acceptors (Lipinski definition) is 3. The molecule has 0 aromatic rings. The molecule has 0 aliphatic heterocycles. The number of hydrogen-bond donors (Lipinski definition) is 2. The standard InChI is InChI=1S/C12H27N3O2S/c1-12(2)7-4-6-11(10-12)14-18(16,17)15(3)9-5-8-13/h11,14H,4-10,13H2,1-3H3. The van der Waals surface area contributed by atoms with Gasteiger partial charge >= 0.3 is 0 Å². The predicted octanol–water partition coefficient (Wildman–Crippen LogP) is 1.07. The topological polar surface area (TPSA) is 75.4 Å². The second-order valence-electron chi connectivity index (χ2n) is 6.04. The first-order valence-corrected chi connectivity index (χ1v) is 8.14. The third-order valence-corrected chi connectivity index (χ3v) is 5.24. The zero-order chi connectivity index (χ0) is 13.8. The monoisotopic (exact) mass is 277 g/mol. The largest absolute Gasteiger partial charge is 0.330 e.